The summed E-state index contributed by atoms with van der Waals surface area (Å²) < 4.78 is 1.50. The number of hydrogen-bond donors (Lipinski definition) is 2. The molecule has 1 aromatic heterocycles. The molecular formula is C11H17N3O3. The maximum Gasteiger partial charge on any atom is 0.303 e. The van der Waals surface area contributed by atoms with Crippen molar-refractivity contribution in [3.05, 3.63) is 18.0 Å². The number of rotatable bonds is 6. The first kappa shape index (κ1) is 13.2. The summed E-state index contributed by atoms with van der Waals surface area (Å²) in [6.07, 6.45) is 2.24. The third kappa shape index (κ3) is 4.26. The predicted molar refractivity (Wildman–Crippen MR) is 61.6 cm³/mol. The van der Waals surface area contributed by atoms with Crippen molar-refractivity contribution in [2.45, 2.75) is 19.8 Å². The van der Waals surface area contributed by atoms with Crippen molar-refractivity contribution in [1.82, 2.24) is 15.1 Å². The molecule has 0 aliphatic carbocycles. The Morgan fingerprint density at radius 2 is 2.29 bits per heavy atom. The summed E-state index contributed by atoms with van der Waals surface area (Å²) in [6.45, 7) is 2.38. The number of amides is 1. The van der Waals surface area contributed by atoms with Gasteiger partial charge < -0.3 is 10.4 Å². The summed E-state index contributed by atoms with van der Waals surface area (Å²) in [6, 6.07) is 1.64. The lowest BCUT2D eigenvalue weighted by molar-refractivity contribution is -0.137. The lowest BCUT2D eigenvalue weighted by Crippen LogP contribution is -2.30. The number of aromatic nitrogens is 2. The van der Waals surface area contributed by atoms with Gasteiger partial charge in [-0.1, -0.05) is 6.92 Å². The fraction of sp³-hybridized carbons (Fsp3) is 0.545. The van der Waals surface area contributed by atoms with Gasteiger partial charge in [0, 0.05) is 26.2 Å². The molecule has 6 nitrogen and oxygen atoms in total. The molecule has 0 fully saturated rings. The molecule has 1 unspecified atom stereocenters. The zero-order chi connectivity index (χ0) is 12.8. The standard InChI is InChI=1S/C11H17N3O3/c1-8(3-4-10(15)16)7-12-11(17)9-5-6-13-14(9)2/h5-6,8H,3-4,7H2,1-2H3,(H,12,17)(H,15,16). The molecular weight excluding hydrogens is 222 g/mol. The minimum atomic E-state index is -0.810. The highest BCUT2D eigenvalue weighted by molar-refractivity contribution is 5.92. The van der Waals surface area contributed by atoms with E-state index in [2.05, 4.69) is 10.4 Å². The Morgan fingerprint density at radius 3 is 2.82 bits per heavy atom. The van der Waals surface area contributed by atoms with Gasteiger partial charge in [-0.05, 0) is 18.4 Å². The van der Waals surface area contributed by atoms with Crippen molar-refractivity contribution in [3.63, 3.8) is 0 Å². The quantitative estimate of drug-likeness (QED) is 0.763. The first-order valence-corrected chi connectivity index (χ1v) is 5.48. The third-order valence-electron chi connectivity index (χ3n) is 2.52. The van der Waals surface area contributed by atoms with Crippen LogP contribution in [0.2, 0.25) is 0 Å². The van der Waals surface area contributed by atoms with Crippen molar-refractivity contribution in [2.24, 2.45) is 13.0 Å². The van der Waals surface area contributed by atoms with Gasteiger partial charge in [0.05, 0.1) is 0 Å². The van der Waals surface area contributed by atoms with Crippen molar-refractivity contribution in [1.29, 1.82) is 0 Å². The number of carbonyl (C=O) groups is 2. The number of aryl methyl sites for hydroxylation is 1. The molecule has 6 heteroatoms. The Bertz CT molecular complexity index is 400. The highest BCUT2D eigenvalue weighted by Gasteiger charge is 2.11. The molecule has 0 saturated carbocycles. The van der Waals surface area contributed by atoms with Crippen LogP contribution in [0.4, 0.5) is 0 Å². The van der Waals surface area contributed by atoms with Crippen LogP contribution >= 0.6 is 0 Å². The molecule has 1 rings (SSSR count). The van der Waals surface area contributed by atoms with E-state index < -0.39 is 5.97 Å². The molecule has 1 atom stereocenters. The molecule has 0 aliphatic rings. The van der Waals surface area contributed by atoms with E-state index in [0.29, 0.717) is 18.7 Å². The van der Waals surface area contributed by atoms with Gasteiger partial charge in [-0.25, -0.2) is 0 Å². The Balaban J connectivity index is 2.33. The van der Waals surface area contributed by atoms with Gasteiger partial charge in [-0.15, -0.1) is 0 Å². The van der Waals surface area contributed by atoms with Crippen LogP contribution in [0.1, 0.15) is 30.3 Å². The van der Waals surface area contributed by atoms with Gasteiger partial charge in [0.1, 0.15) is 5.69 Å². The average molecular weight is 239 g/mol. The van der Waals surface area contributed by atoms with E-state index >= 15 is 0 Å². The molecule has 0 radical (unpaired) electrons. The number of carbonyl (C=O) groups excluding carboxylic acids is 1. The second-order valence-electron chi connectivity index (χ2n) is 4.09. The van der Waals surface area contributed by atoms with Gasteiger partial charge >= 0.3 is 5.97 Å². The molecule has 1 heterocycles. The zero-order valence-corrected chi connectivity index (χ0v) is 10.0. The van der Waals surface area contributed by atoms with Crippen LogP contribution in [0.15, 0.2) is 12.3 Å². The molecule has 1 aromatic rings. The molecule has 0 aromatic carbocycles. The fourth-order valence-electron chi connectivity index (χ4n) is 1.43. The van der Waals surface area contributed by atoms with Crippen LogP contribution in [0.3, 0.4) is 0 Å². The highest BCUT2D eigenvalue weighted by atomic mass is 16.4. The molecule has 0 saturated heterocycles. The topological polar surface area (TPSA) is 84.2 Å². The minimum absolute atomic E-state index is 0.128. The lowest BCUT2D eigenvalue weighted by Gasteiger charge is -2.11. The van der Waals surface area contributed by atoms with E-state index in [-0.39, 0.29) is 18.2 Å². The van der Waals surface area contributed by atoms with Gasteiger partial charge in [-0.3, -0.25) is 14.3 Å². The monoisotopic (exact) mass is 239 g/mol. The van der Waals surface area contributed by atoms with E-state index in [0.717, 1.165) is 0 Å². The van der Waals surface area contributed by atoms with Crippen molar-refractivity contribution < 1.29 is 14.7 Å². The minimum Gasteiger partial charge on any atom is -0.481 e. The molecule has 0 spiro atoms. The number of aliphatic carboxylic acids is 1. The highest BCUT2D eigenvalue weighted by Crippen LogP contribution is 2.04. The van der Waals surface area contributed by atoms with Crippen molar-refractivity contribution in [2.75, 3.05) is 6.54 Å². The number of hydrogen-bond acceptors (Lipinski definition) is 3. The zero-order valence-electron chi connectivity index (χ0n) is 10.0. The number of carboxylic acids is 1. The summed E-state index contributed by atoms with van der Waals surface area (Å²) in [5.74, 6) is -0.856. The molecule has 2 N–H and O–H groups in total. The van der Waals surface area contributed by atoms with Crippen molar-refractivity contribution in [3.8, 4) is 0 Å². The summed E-state index contributed by atoms with van der Waals surface area (Å²) in [4.78, 5) is 22.1. The summed E-state index contributed by atoms with van der Waals surface area (Å²) >= 11 is 0. The van der Waals surface area contributed by atoms with Crippen LogP contribution in [0.5, 0.6) is 0 Å². The van der Waals surface area contributed by atoms with E-state index in [1.165, 1.54) is 4.68 Å². The predicted octanol–water partition coefficient (Wildman–Crippen LogP) is 0.651. The maximum atomic E-state index is 11.7. The van der Waals surface area contributed by atoms with Crippen LogP contribution < -0.4 is 5.32 Å². The van der Waals surface area contributed by atoms with Crippen LogP contribution in [-0.4, -0.2) is 33.3 Å². The molecule has 1 amide bonds. The number of nitrogens with zero attached hydrogens (tertiary/aromatic N) is 2. The van der Waals surface area contributed by atoms with E-state index in [1.54, 1.807) is 19.3 Å². The third-order valence-corrected chi connectivity index (χ3v) is 2.52. The Hall–Kier alpha value is -1.85. The maximum absolute atomic E-state index is 11.7. The first-order valence-electron chi connectivity index (χ1n) is 5.48. The van der Waals surface area contributed by atoms with E-state index in [9.17, 15) is 9.59 Å². The van der Waals surface area contributed by atoms with Gasteiger partial charge in [0.25, 0.3) is 5.91 Å². The Labute approximate surface area is 99.6 Å². The van der Waals surface area contributed by atoms with Gasteiger partial charge in [0.2, 0.25) is 0 Å². The summed E-state index contributed by atoms with van der Waals surface area (Å²) in [5.41, 5.74) is 0.496. The van der Waals surface area contributed by atoms with Crippen LogP contribution in [0, 0.1) is 5.92 Å². The van der Waals surface area contributed by atoms with Gasteiger partial charge in [0.15, 0.2) is 0 Å². The SMILES string of the molecule is CC(CCC(=O)O)CNC(=O)c1ccnn1C. The number of nitrogens with one attached hydrogen (secondary N) is 1. The first-order chi connectivity index (χ1) is 8.00. The largest absolute Gasteiger partial charge is 0.481 e. The van der Waals surface area contributed by atoms with E-state index in [1.807, 2.05) is 6.92 Å². The normalized spacial score (nSPS) is 12.1. The fourth-order valence-corrected chi connectivity index (χ4v) is 1.43. The number of carboxylic acid groups (broad SMARTS) is 1. The summed E-state index contributed by atoms with van der Waals surface area (Å²) in [5, 5.41) is 15.2. The van der Waals surface area contributed by atoms with Crippen molar-refractivity contribution >= 4 is 11.9 Å². The second kappa shape index (κ2) is 6.03. The van der Waals surface area contributed by atoms with E-state index in [4.69, 9.17) is 5.11 Å². The van der Waals surface area contributed by atoms with Gasteiger partial charge in [-0.2, -0.15) is 5.10 Å². The second-order valence-corrected chi connectivity index (χ2v) is 4.09. The molecule has 17 heavy (non-hydrogen) atoms. The van der Waals surface area contributed by atoms with Crippen LogP contribution in [0.25, 0.3) is 0 Å². The average Bonchev–Trinajstić information content (AvgIpc) is 2.69. The lowest BCUT2D eigenvalue weighted by atomic mass is 10.1. The van der Waals surface area contributed by atoms with Crippen LogP contribution in [-0.2, 0) is 11.8 Å². The summed E-state index contributed by atoms with van der Waals surface area (Å²) in [7, 11) is 1.70. The molecule has 0 bridgehead atoms. The smallest absolute Gasteiger partial charge is 0.303 e. The Morgan fingerprint density at radius 1 is 1.59 bits per heavy atom. The molecule has 0 aliphatic heterocycles. The Kier molecular flexibility index (Phi) is 4.68. The molecule has 94 valence electrons.